The van der Waals surface area contributed by atoms with E-state index in [1.165, 1.54) is 0 Å². The Bertz CT molecular complexity index is 627. The fourth-order valence-corrected chi connectivity index (χ4v) is 3.08. The second-order valence-corrected chi connectivity index (χ2v) is 6.85. The molecule has 1 aromatic carbocycles. The van der Waals surface area contributed by atoms with Gasteiger partial charge in [0.05, 0.1) is 16.0 Å². The van der Waals surface area contributed by atoms with Gasteiger partial charge in [0.25, 0.3) is 5.91 Å². The summed E-state index contributed by atoms with van der Waals surface area (Å²) in [4.78, 5) is 26.4. The van der Waals surface area contributed by atoms with Crippen molar-refractivity contribution >= 4 is 35.0 Å². The number of nitrogens with two attached hydrogens (primary N) is 1. The Morgan fingerprint density at radius 1 is 1.40 bits per heavy atom. The number of nitrogens with zero attached hydrogens (tertiary/aromatic N) is 1. The molecule has 1 fully saturated rings. The summed E-state index contributed by atoms with van der Waals surface area (Å²) < 4.78 is 5.67. The molecule has 2 atom stereocenters. The number of halogens is 2. The number of hydrogen-bond acceptors (Lipinski definition) is 4. The second-order valence-electron chi connectivity index (χ2n) is 6.04. The van der Waals surface area contributed by atoms with Crippen molar-refractivity contribution < 1.29 is 14.3 Å². The van der Waals surface area contributed by atoms with E-state index in [0.29, 0.717) is 42.0 Å². The molecule has 3 N–H and O–H groups in total. The molecule has 2 rings (SSSR count). The molecule has 0 radical (unpaired) electrons. The standard InChI is InChI=1S/C17H23Cl2N3O3/c1-11(25-13-4-5-14(18)15(19)9-13)17(24)22-8-2-3-12(10-22)16(23)21-7-6-20/h4-5,9,11-12H,2-3,6-8,10,20H2,1H3,(H,21,23). The van der Waals surface area contributed by atoms with Crippen molar-refractivity contribution in [3.8, 4) is 5.75 Å². The van der Waals surface area contributed by atoms with Gasteiger partial charge in [0.15, 0.2) is 6.10 Å². The Morgan fingerprint density at radius 3 is 2.84 bits per heavy atom. The molecular formula is C17H23Cl2N3O3. The first-order chi connectivity index (χ1) is 11.9. The lowest BCUT2D eigenvalue weighted by atomic mass is 9.96. The smallest absolute Gasteiger partial charge is 0.263 e. The Morgan fingerprint density at radius 2 is 2.16 bits per heavy atom. The molecule has 2 unspecified atom stereocenters. The van der Waals surface area contributed by atoms with Crippen molar-refractivity contribution in [2.75, 3.05) is 26.2 Å². The number of rotatable bonds is 6. The monoisotopic (exact) mass is 387 g/mol. The molecule has 0 saturated carbocycles. The lowest BCUT2D eigenvalue weighted by Crippen LogP contribution is -2.49. The summed E-state index contributed by atoms with van der Waals surface area (Å²) in [5.41, 5.74) is 5.40. The Balaban J connectivity index is 1.93. The lowest BCUT2D eigenvalue weighted by molar-refractivity contribution is -0.141. The summed E-state index contributed by atoms with van der Waals surface area (Å²) in [6, 6.07) is 4.86. The van der Waals surface area contributed by atoms with E-state index in [-0.39, 0.29) is 17.7 Å². The molecule has 1 aliphatic rings. The highest BCUT2D eigenvalue weighted by Gasteiger charge is 2.31. The van der Waals surface area contributed by atoms with E-state index >= 15 is 0 Å². The van der Waals surface area contributed by atoms with Crippen LogP contribution in [0.25, 0.3) is 0 Å². The molecule has 0 bridgehead atoms. The third kappa shape index (κ3) is 5.49. The van der Waals surface area contributed by atoms with Crippen molar-refractivity contribution in [2.45, 2.75) is 25.9 Å². The zero-order valence-corrected chi connectivity index (χ0v) is 15.6. The van der Waals surface area contributed by atoms with Crippen LogP contribution in [-0.4, -0.2) is 49.0 Å². The van der Waals surface area contributed by atoms with Gasteiger partial charge in [0.1, 0.15) is 5.75 Å². The van der Waals surface area contributed by atoms with E-state index in [1.807, 2.05) is 0 Å². The fourth-order valence-electron chi connectivity index (χ4n) is 2.79. The highest BCUT2D eigenvalue weighted by Crippen LogP contribution is 2.27. The van der Waals surface area contributed by atoms with E-state index in [2.05, 4.69) is 5.32 Å². The van der Waals surface area contributed by atoms with Crippen molar-refractivity contribution in [2.24, 2.45) is 11.7 Å². The van der Waals surface area contributed by atoms with Gasteiger partial charge in [-0.2, -0.15) is 0 Å². The van der Waals surface area contributed by atoms with E-state index in [0.717, 1.165) is 12.8 Å². The van der Waals surface area contributed by atoms with Crippen LogP contribution in [0, 0.1) is 5.92 Å². The number of benzene rings is 1. The van der Waals surface area contributed by atoms with Gasteiger partial charge in [0.2, 0.25) is 5.91 Å². The third-order valence-electron chi connectivity index (χ3n) is 4.10. The molecule has 8 heteroatoms. The van der Waals surface area contributed by atoms with Crippen molar-refractivity contribution in [1.29, 1.82) is 0 Å². The molecule has 138 valence electrons. The van der Waals surface area contributed by atoms with Crippen LogP contribution >= 0.6 is 23.2 Å². The molecular weight excluding hydrogens is 365 g/mol. The van der Waals surface area contributed by atoms with Crippen molar-refractivity contribution in [1.82, 2.24) is 10.2 Å². The number of nitrogens with one attached hydrogen (secondary N) is 1. The third-order valence-corrected chi connectivity index (χ3v) is 4.84. The maximum Gasteiger partial charge on any atom is 0.263 e. The maximum atomic E-state index is 12.6. The molecule has 1 saturated heterocycles. The summed E-state index contributed by atoms with van der Waals surface area (Å²) in [5.74, 6) is 0.0642. The SMILES string of the molecule is CC(Oc1ccc(Cl)c(Cl)c1)C(=O)N1CCCC(C(=O)NCCN)C1. The minimum atomic E-state index is -0.678. The van der Waals surface area contributed by atoms with Crippen molar-refractivity contribution in [3.63, 3.8) is 0 Å². The first-order valence-corrected chi connectivity index (χ1v) is 9.06. The van der Waals surface area contributed by atoms with Crippen LogP contribution in [0.15, 0.2) is 18.2 Å². The van der Waals surface area contributed by atoms with Gasteiger partial charge in [-0.3, -0.25) is 9.59 Å². The van der Waals surface area contributed by atoms with Gasteiger partial charge in [-0.1, -0.05) is 23.2 Å². The highest BCUT2D eigenvalue weighted by molar-refractivity contribution is 6.42. The molecule has 0 aliphatic carbocycles. The highest BCUT2D eigenvalue weighted by atomic mass is 35.5. The number of carbonyl (C=O) groups excluding carboxylic acids is 2. The largest absolute Gasteiger partial charge is 0.481 e. The summed E-state index contributed by atoms with van der Waals surface area (Å²) in [5, 5.41) is 3.58. The Kier molecular flexibility index (Phi) is 7.35. The predicted octanol–water partition coefficient (Wildman–Crippen LogP) is 2.07. The van der Waals surface area contributed by atoms with E-state index in [9.17, 15) is 9.59 Å². The Labute approximate surface area is 157 Å². The van der Waals surface area contributed by atoms with E-state index in [4.69, 9.17) is 33.7 Å². The fraction of sp³-hybridized carbons (Fsp3) is 0.529. The number of amides is 2. The number of piperidine rings is 1. The van der Waals surface area contributed by atoms with Crippen LogP contribution in [0.1, 0.15) is 19.8 Å². The summed E-state index contributed by atoms with van der Waals surface area (Å²) in [7, 11) is 0. The number of carbonyl (C=O) groups is 2. The van der Waals surface area contributed by atoms with Gasteiger partial charge in [0, 0.05) is 32.2 Å². The van der Waals surface area contributed by atoms with Crippen LogP contribution in [-0.2, 0) is 9.59 Å². The van der Waals surface area contributed by atoms with Gasteiger partial charge < -0.3 is 20.7 Å². The van der Waals surface area contributed by atoms with Crippen LogP contribution < -0.4 is 15.8 Å². The second kappa shape index (κ2) is 9.27. The van der Waals surface area contributed by atoms with E-state index in [1.54, 1.807) is 30.0 Å². The van der Waals surface area contributed by atoms with Gasteiger partial charge in [-0.15, -0.1) is 0 Å². The zero-order chi connectivity index (χ0) is 18.4. The average molecular weight is 388 g/mol. The van der Waals surface area contributed by atoms with Gasteiger partial charge in [-0.25, -0.2) is 0 Å². The maximum absolute atomic E-state index is 12.6. The summed E-state index contributed by atoms with van der Waals surface area (Å²) in [6.45, 7) is 3.54. The summed E-state index contributed by atoms with van der Waals surface area (Å²) in [6.07, 6.45) is 0.872. The number of ether oxygens (including phenoxy) is 1. The van der Waals surface area contributed by atoms with Crippen LogP contribution in [0.5, 0.6) is 5.75 Å². The minimum absolute atomic E-state index is 0.0546. The van der Waals surface area contributed by atoms with Gasteiger partial charge >= 0.3 is 0 Å². The van der Waals surface area contributed by atoms with Crippen LogP contribution in [0.3, 0.4) is 0 Å². The first kappa shape index (κ1) is 19.8. The van der Waals surface area contributed by atoms with Gasteiger partial charge in [-0.05, 0) is 31.9 Å². The molecule has 1 heterocycles. The molecule has 1 aromatic rings. The summed E-state index contributed by atoms with van der Waals surface area (Å²) >= 11 is 11.8. The lowest BCUT2D eigenvalue weighted by Gasteiger charge is -2.33. The minimum Gasteiger partial charge on any atom is -0.481 e. The number of likely N-dealkylation sites (tertiary alicyclic amines) is 1. The number of hydrogen-bond donors (Lipinski definition) is 2. The normalized spacial score (nSPS) is 18.6. The topological polar surface area (TPSA) is 84.7 Å². The molecule has 0 spiro atoms. The van der Waals surface area contributed by atoms with Crippen LogP contribution in [0.4, 0.5) is 0 Å². The zero-order valence-electron chi connectivity index (χ0n) is 14.1. The van der Waals surface area contributed by atoms with E-state index < -0.39 is 6.10 Å². The average Bonchev–Trinajstić information content (AvgIpc) is 2.62. The first-order valence-electron chi connectivity index (χ1n) is 8.30. The quantitative estimate of drug-likeness (QED) is 0.782. The molecule has 0 aromatic heterocycles. The molecule has 25 heavy (non-hydrogen) atoms. The van der Waals surface area contributed by atoms with Crippen molar-refractivity contribution in [3.05, 3.63) is 28.2 Å². The molecule has 1 aliphatic heterocycles. The molecule has 6 nitrogen and oxygen atoms in total. The predicted molar refractivity (Wildman–Crippen MR) is 97.9 cm³/mol. The van der Waals surface area contributed by atoms with Crippen LogP contribution in [0.2, 0.25) is 10.0 Å². The Hall–Kier alpha value is -1.50. The molecule has 2 amide bonds.